The summed E-state index contributed by atoms with van der Waals surface area (Å²) in [5.74, 6) is 0.631. The smallest absolute Gasteiger partial charge is 0.265 e. The fourth-order valence-corrected chi connectivity index (χ4v) is 3.56. The Hall–Kier alpha value is -2.18. The molecule has 0 bridgehead atoms. The van der Waals surface area contributed by atoms with E-state index in [1.54, 1.807) is 18.0 Å². The molecule has 0 aliphatic rings. The van der Waals surface area contributed by atoms with Gasteiger partial charge in [0.25, 0.3) is 5.91 Å². The highest BCUT2D eigenvalue weighted by atomic mass is 32.2. The molecular weight excluding hydrogens is 326 g/mol. The number of carbonyl (C=O) groups excluding carboxylic acids is 1. The van der Waals surface area contributed by atoms with Crippen molar-refractivity contribution in [1.29, 1.82) is 0 Å². The number of carbonyl (C=O) groups is 1. The van der Waals surface area contributed by atoms with Crippen LogP contribution in [0.5, 0.6) is 0 Å². The minimum Gasteiger partial charge on any atom is -0.321 e. The zero-order chi connectivity index (χ0) is 16.2. The summed E-state index contributed by atoms with van der Waals surface area (Å²) in [4.78, 5) is 21.5. The van der Waals surface area contributed by atoms with E-state index < -0.39 is 0 Å². The van der Waals surface area contributed by atoms with Gasteiger partial charge in [-0.3, -0.25) is 4.79 Å². The Labute approximate surface area is 143 Å². The molecule has 2 aromatic heterocycles. The van der Waals surface area contributed by atoms with Crippen molar-refractivity contribution in [3.8, 4) is 11.3 Å². The number of benzene rings is 1. The fourth-order valence-electron chi connectivity index (χ4n) is 2.12. The number of nitrogens with zero attached hydrogens (tertiary/aromatic N) is 2. The fraction of sp³-hybridized carbons (Fsp3) is 0.118. The van der Waals surface area contributed by atoms with E-state index in [1.165, 1.54) is 11.3 Å². The van der Waals surface area contributed by atoms with Crippen molar-refractivity contribution in [2.75, 3.05) is 11.6 Å². The molecule has 0 radical (unpaired) electrons. The molecule has 1 N–H and O–H groups in total. The van der Waals surface area contributed by atoms with Crippen LogP contribution in [0.3, 0.4) is 0 Å². The highest BCUT2D eigenvalue weighted by Crippen LogP contribution is 2.26. The van der Waals surface area contributed by atoms with Gasteiger partial charge in [-0.05, 0) is 43.5 Å². The summed E-state index contributed by atoms with van der Waals surface area (Å²) in [6.45, 7) is 1.86. The summed E-state index contributed by atoms with van der Waals surface area (Å²) >= 11 is 3.13. The average molecular weight is 341 g/mol. The molecule has 0 atom stereocenters. The number of nitrogens with one attached hydrogen (secondary N) is 1. The number of aromatic nitrogens is 2. The second-order valence-corrected chi connectivity index (χ2v) is 7.04. The van der Waals surface area contributed by atoms with Gasteiger partial charge in [-0.2, -0.15) is 0 Å². The van der Waals surface area contributed by atoms with Crippen LogP contribution >= 0.6 is 23.1 Å². The minimum atomic E-state index is -0.0914. The van der Waals surface area contributed by atoms with Crippen molar-refractivity contribution in [1.82, 2.24) is 9.97 Å². The topological polar surface area (TPSA) is 54.9 Å². The second-order valence-electron chi connectivity index (χ2n) is 4.85. The van der Waals surface area contributed by atoms with Gasteiger partial charge in [0.05, 0.1) is 14.8 Å². The second kappa shape index (κ2) is 6.93. The Morgan fingerprint density at radius 1 is 1.22 bits per heavy atom. The first-order chi connectivity index (χ1) is 11.2. The SMILES string of the molecule is CSc1ccc(C(=O)Nc2cccc(-c3ccnc(C)n3)c2)s1. The van der Waals surface area contributed by atoms with Crippen LogP contribution in [-0.4, -0.2) is 22.1 Å². The molecule has 2 heterocycles. The maximum absolute atomic E-state index is 12.3. The molecule has 0 unspecified atom stereocenters. The van der Waals surface area contributed by atoms with Crippen molar-refractivity contribution in [3.63, 3.8) is 0 Å². The van der Waals surface area contributed by atoms with Gasteiger partial charge < -0.3 is 5.32 Å². The normalized spacial score (nSPS) is 10.5. The van der Waals surface area contributed by atoms with Crippen LogP contribution in [0.25, 0.3) is 11.3 Å². The number of amides is 1. The van der Waals surface area contributed by atoms with Crippen molar-refractivity contribution < 1.29 is 4.79 Å². The molecule has 116 valence electrons. The van der Waals surface area contributed by atoms with Gasteiger partial charge in [0.2, 0.25) is 0 Å². The third-order valence-electron chi connectivity index (χ3n) is 3.20. The van der Waals surface area contributed by atoms with Gasteiger partial charge in [-0.15, -0.1) is 23.1 Å². The van der Waals surface area contributed by atoms with E-state index in [-0.39, 0.29) is 5.91 Å². The highest BCUT2D eigenvalue weighted by Gasteiger charge is 2.10. The number of hydrogen-bond donors (Lipinski definition) is 1. The minimum absolute atomic E-state index is 0.0914. The van der Waals surface area contributed by atoms with Crippen LogP contribution in [0.4, 0.5) is 5.69 Å². The number of anilines is 1. The number of hydrogen-bond acceptors (Lipinski definition) is 5. The van der Waals surface area contributed by atoms with Crippen LogP contribution in [0.1, 0.15) is 15.5 Å². The Morgan fingerprint density at radius 3 is 2.83 bits per heavy atom. The predicted molar refractivity (Wildman–Crippen MR) is 96.3 cm³/mol. The van der Waals surface area contributed by atoms with Crippen LogP contribution in [0.15, 0.2) is 52.9 Å². The summed E-state index contributed by atoms with van der Waals surface area (Å²) in [5.41, 5.74) is 2.54. The standard InChI is InChI=1S/C17H15N3OS2/c1-11-18-9-8-14(19-11)12-4-3-5-13(10-12)20-17(21)15-6-7-16(22-2)23-15/h3-10H,1-2H3,(H,20,21). The highest BCUT2D eigenvalue weighted by molar-refractivity contribution is 8.00. The number of rotatable bonds is 4. The van der Waals surface area contributed by atoms with Crippen LogP contribution in [-0.2, 0) is 0 Å². The van der Waals surface area contributed by atoms with E-state index >= 15 is 0 Å². The van der Waals surface area contributed by atoms with Crippen LogP contribution in [0, 0.1) is 6.92 Å². The van der Waals surface area contributed by atoms with E-state index in [9.17, 15) is 4.79 Å². The Bertz CT molecular complexity index is 845. The van der Waals surface area contributed by atoms with Gasteiger partial charge in [0.1, 0.15) is 5.82 Å². The van der Waals surface area contributed by atoms with E-state index in [2.05, 4.69) is 15.3 Å². The number of thioether (sulfide) groups is 1. The van der Waals surface area contributed by atoms with E-state index in [1.807, 2.05) is 55.6 Å². The third-order valence-corrected chi connectivity index (χ3v) is 5.37. The molecule has 6 heteroatoms. The first-order valence-electron chi connectivity index (χ1n) is 7.01. The van der Waals surface area contributed by atoms with Crippen molar-refractivity contribution in [2.45, 2.75) is 11.1 Å². The quantitative estimate of drug-likeness (QED) is 0.711. The molecule has 0 aliphatic carbocycles. The molecule has 3 aromatic rings. The molecule has 0 saturated heterocycles. The van der Waals surface area contributed by atoms with E-state index in [0.717, 1.165) is 27.0 Å². The first kappa shape index (κ1) is 15.7. The summed E-state index contributed by atoms with van der Waals surface area (Å²) in [7, 11) is 0. The monoisotopic (exact) mass is 341 g/mol. The van der Waals surface area contributed by atoms with Crippen molar-refractivity contribution >= 4 is 34.7 Å². The zero-order valence-corrected chi connectivity index (χ0v) is 14.4. The largest absolute Gasteiger partial charge is 0.321 e. The van der Waals surface area contributed by atoms with E-state index in [4.69, 9.17) is 0 Å². The molecule has 0 aliphatic heterocycles. The summed E-state index contributed by atoms with van der Waals surface area (Å²) in [6.07, 6.45) is 3.74. The van der Waals surface area contributed by atoms with Crippen LogP contribution in [0.2, 0.25) is 0 Å². The van der Waals surface area contributed by atoms with E-state index in [0.29, 0.717) is 4.88 Å². The first-order valence-corrected chi connectivity index (χ1v) is 9.05. The lowest BCUT2D eigenvalue weighted by atomic mass is 10.1. The lowest BCUT2D eigenvalue weighted by Crippen LogP contribution is -2.10. The van der Waals surface area contributed by atoms with Crippen molar-refractivity contribution in [3.05, 3.63) is 59.4 Å². The number of aryl methyl sites for hydroxylation is 1. The molecule has 1 aromatic carbocycles. The molecule has 23 heavy (non-hydrogen) atoms. The Balaban J connectivity index is 1.81. The summed E-state index contributed by atoms with van der Waals surface area (Å²) < 4.78 is 1.13. The van der Waals surface area contributed by atoms with Gasteiger partial charge in [0, 0.05) is 17.4 Å². The zero-order valence-electron chi connectivity index (χ0n) is 12.7. The van der Waals surface area contributed by atoms with Crippen LogP contribution < -0.4 is 5.32 Å². The average Bonchev–Trinajstić information content (AvgIpc) is 3.04. The molecular formula is C17H15N3OS2. The van der Waals surface area contributed by atoms with Gasteiger partial charge >= 0.3 is 0 Å². The van der Waals surface area contributed by atoms with Gasteiger partial charge in [-0.25, -0.2) is 9.97 Å². The van der Waals surface area contributed by atoms with Crippen molar-refractivity contribution in [2.24, 2.45) is 0 Å². The molecule has 1 amide bonds. The third kappa shape index (κ3) is 3.78. The molecule has 0 fully saturated rings. The summed E-state index contributed by atoms with van der Waals surface area (Å²) in [6, 6.07) is 13.3. The lowest BCUT2D eigenvalue weighted by molar-refractivity contribution is 0.103. The van der Waals surface area contributed by atoms with Gasteiger partial charge in [-0.1, -0.05) is 12.1 Å². The molecule has 4 nitrogen and oxygen atoms in total. The Kier molecular flexibility index (Phi) is 4.73. The predicted octanol–water partition coefficient (Wildman–Crippen LogP) is 4.49. The lowest BCUT2D eigenvalue weighted by Gasteiger charge is -2.07. The molecule has 0 spiro atoms. The number of thiophene rings is 1. The molecule has 3 rings (SSSR count). The summed E-state index contributed by atoms with van der Waals surface area (Å²) in [5, 5.41) is 2.94. The molecule has 0 saturated carbocycles. The van der Waals surface area contributed by atoms with Gasteiger partial charge in [0.15, 0.2) is 0 Å². The maximum Gasteiger partial charge on any atom is 0.265 e. The Morgan fingerprint density at radius 2 is 2.09 bits per heavy atom. The maximum atomic E-state index is 12.3.